The third-order valence-electron chi connectivity index (χ3n) is 1.23. The van der Waals surface area contributed by atoms with E-state index in [4.69, 9.17) is 11.6 Å². The van der Waals surface area contributed by atoms with Gasteiger partial charge >= 0.3 is 0 Å². The van der Waals surface area contributed by atoms with Crippen LogP contribution >= 0.6 is 23.8 Å². The third kappa shape index (κ3) is 2.57. The minimum atomic E-state index is -1.08. The molecule has 0 aliphatic rings. The van der Waals surface area contributed by atoms with Crippen molar-refractivity contribution in [1.82, 2.24) is 0 Å². The van der Waals surface area contributed by atoms with Crippen molar-refractivity contribution in [3.8, 4) is 0 Å². The average Bonchev–Trinajstić information content (AvgIpc) is 1.96. The molecule has 1 aromatic rings. The summed E-state index contributed by atoms with van der Waals surface area (Å²) in [6.07, 6.45) is 0. The summed E-state index contributed by atoms with van der Waals surface area (Å²) in [5.74, 6) is -3.16. The maximum Gasteiger partial charge on any atom is 0.171 e. The summed E-state index contributed by atoms with van der Waals surface area (Å²) < 4.78 is 37.7. The Morgan fingerprint density at radius 1 is 1.23 bits per heavy atom. The molecular formula is C7H3ClF3NS. The van der Waals surface area contributed by atoms with E-state index in [0.717, 1.165) is 0 Å². The Balaban J connectivity index is 3.13. The molecule has 1 aromatic carbocycles. The summed E-state index contributed by atoms with van der Waals surface area (Å²) in [4.78, 5) is 0. The standard InChI is InChI=1S/C7H3ClF3NS/c8-7(13)12-6-4(10)1-3(9)2-5(6)11/h1-2H,(H,12,13). The van der Waals surface area contributed by atoms with Crippen molar-refractivity contribution >= 4 is 34.0 Å². The van der Waals surface area contributed by atoms with Crippen LogP contribution in [0.25, 0.3) is 0 Å². The monoisotopic (exact) mass is 225 g/mol. The first-order chi connectivity index (χ1) is 6.00. The van der Waals surface area contributed by atoms with E-state index >= 15 is 0 Å². The molecule has 0 atom stereocenters. The lowest BCUT2D eigenvalue weighted by atomic mass is 10.3. The SMILES string of the molecule is Fc1cc(F)c(NC(=S)Cl)c(F)c1. The topological polar surface area (TPSA) is 12.0 Å². The van der Waals surface area contributed by atoms with Gasteiger partial charge in [0.15, 0.2) is 16.1 Å². The van der Waals surface area contributed by atoms with Crippen LogP contribution in [0.3, 0.4) is 0 Å². The highest BCUT2D eigenvalue weighted by molar-refractivity contribution is 7.83. The predicted molar refractivity (Wildman–Crippen MR) is 48.4 cm³/mol. The van der Waals surface area contributed by atoms with Crippen LogP contribution in [0.4, 0.5) is 18.9 Å². The summed E-state index contributed by atoms with van der Waals surface area (Å²) >= 11 is 9.55. The molecule has 0 aromatic heterocycles. The second-order valence-electron chi connectivity index (χ2n) is 2.14. The number of hydrogen-bond donors (Lipinski definition) is 1. The number of halogens is 4. The maximum absolute atomic E-state index is 12.8. The third-order valence-corrected chi connectivity index (χ3v) is 1.43. The molecule has 0 unspecified atom stereocenters. The van der Waals surface area contributed by atoms with E-state index in [2.05, 4.69) is 12.2 Å². The second kappa shape index (κ2) is 3.93. The second-order valence-corrected chi connectivity index (χ2v) is 3.15. The van der Waals surface area contributed by atoms with Gasteiger partial charge in [-0.05, 0) is 12.2 Å². The van der Waals surface area contributed by atoms with Gasteiger partial charge in [-0.3, -0.25) is 0 Å². The van der Waals surface area contributed by atoms with Crippen molar-refractivity contribution in [3.05, 3.63) is 29.6 Å². The fraction of sp³-hybridized carbons (Fsp3) is 0. The number of nitrogens with one attached hydrogen (secondary N) is 1. The van der Waals surface area contributed by atoms with E-state index < -0.39 is 23.1 Å². The van der Waals surface area contributed by atoms with Gasteiger partial charge in [-0.25, -0.2) is 13.2 Å². The Morgan fingerprint density at radius 2 is 1.69 bits per heavy atom. The van der Waals surface area contributed by atoms with E-state index in [9.17, 15) is 13.2 Å². The molecule has 0 amide bonds. The summed E-state index contributed by atoms with van der Waals surface area (Å²) in [6, 6.07) is 1.06. The van der Waals surface area contributed by atoms with E-state index in [-0.39, 0.29) is 4.45 Å². The van der Waals surface area contributed by atoms with Gasteiger partial charge in [-0.15, -0.1) is 0 Å². The van der Waals surface area contributed by atoms with Gasteiger partial charge in [0.2, 0.25) is 0 Å². The van der Waals surface area contributed by atoms with Crippen LogP contribution in [0, 0.1) is 17.5 Å². The van der Waals surface area contributed by atoms with E-state index in [1.54, 1.807) is 0 Å². The Bertz CT molecular complexity index is 333. The van der Waals surface area contributed by atoms with Crippen LogP contribution in [-0.2, 0) is 0 Å². The predicted octanol–water partition coefficient (Wildman–Crippen LogP) is 3.04. The first-order valence-corrected chi connectivity index (χ1v) is 3.90. The molecule has 0 aliphatic carbocycles. The van der Waals surface area contributed by atoms with Gasteiger partial charge in [0, 0.05) is 12.1 Å². The summed E-state index contributed by atoms with van der Waals surface area (Å²) in [5, 5.41) is 2.05. The lowest BCUT2D eigenvalue weighted by Crippen LogP contribution is -2.05. The van der Waals surface area contributed by atoms with Crippen LogP contribution < -0.4 is 5.32 Å². The summed E-state index contributed by atoms with van der Waals surface area (Å²) in [5.41, 5.74) is -0.554. The molecule has 0 aliphatic heterocycles. The molecule has 0 heterocycles. The van der Waals surface area contributed by atoms with Crippen LogP contribution in [0.5, 0.6) is 0 Å². The number of anilines is 1. The fourth-order valence-corrected chi connectivity index (χ4v) is 0.956. The molecule has 0 fully saturated rings. The maximum atomic E-state index is 12.8. The summed E-state index contributed by atoms with van der Waals surface area (Å²) in [7, 11) is 0. The molecule has 13 heavy (non-hydrogen) atoms. The number of benzene rings is 1. The molecule has 1 nitrogen and oxygen atoms in total. The zero-order valence-corrected chi connectivity index (χ0v) is 7.65. The molecule has 0 saturated heterocycles. The highest BCUT2D eigenvalue weighted by Gasteiger charge is 2.11. The van der Waals surface area contributed by atoms with Gasteiger partial charge in [-0.2, -0.15) is 0 Å². The zero-order valence-electron chi connectivity index (χ0n) is 6.07. The minimum Gasteiger partial charge on any atom is -0.332 e. The van der Waals surface area contributed by atoms with Crippen molar-refractivity contribution in [3.63, 3.8) is 0 Å². The van der Waals surface area contributed by atoms with Gasteiger partial charge < -0.3 is 5.32 Å². The van der Waals surface area contributed by atoms with Crippen molar-refractivity contribution in [2.45, 2.75) is 0 Å². The van der Waals surface area contributed by atoms with Crippen molar-refractivity contribution in [1.29, 1.82) is 0 Å². The largest absolute Gasteiger partial charge is 0.332 e. The highest BCUT2D eigenvalue weighted by Crippen LogP contribution is 2.20. The molecule has 0 saturated carbocycles. The smallest absolute Gasteiger partial charge is 0.171 e. The quantitative estimate of drug-likeness (QED) is 0.448. The summed E-state index contributed by atoms with van der Waals surface area (Å²) in [6.45, 7) is 0. The lowest BCUT2D eigenvalue weighted by molar-refractivity contribution is 0.549. The van der Waals surface area contributed by atoms with Gasteiger partial charge in [-0.1, -0.05) is 11.6 Å². The number of thiocarbonyl (C=S) groups is 1. The molecule has 1 rings (SSSR count). The Morgan fingerprint density at radius 3 is 2.08 bits per heavy atom. The molecule has 0 radical (unpaired) electrons. The number of rotatable bonds is 1. The van der Waals surface area contributed by atoms with Crippen molar-refractivity contribution in [2.24, 2.45) is 0 Å². The average molecular weight is 226 g/mol. The van der Waals surface area contributed by atoms with E-state index in [1.807, 2.05) is 5.32 Å². The van der Waals surface area contributed by atoms with Gasteiger partial charge in [0.25, 0.3) is 0 Å². The Hall–Kier alpha value is -0.810. The minimum absolute atomic E-state index is 0.315. The van der Waals surface area contributed by atoms with Crippen LogP contribution in [0.2, 0.25) is 0 Å². The lowest BCUT2D eigenvalue weighted by Gasteiger charge is -2.05. The van der Waals surface area contributed by atoms with Gasteiger partial charge in [0.1, 0.15) is 11.5 Å². The molecular weight excluding hydrogens is 223 g/mol. The molecule has 0 spiro atoms. The molecule has 1 N–H and O–H groups in total. The van der Waals surface area contributed by atoms with Crippen LogP contribution in [-0.4, -0.2) is 4.45 Å². The highest BCUT2D eigenvalue weighted by atomic mass is 35.5. The van der Waals surface area contributed by atoms with E-state index in [0.29, 0.717) is 12.1 Å². The van der Waals surface area contributed by atoms with E-state index in [1.165, 1.54) is 0 Å². The Labute approximate surface area is 82.5 Å². The zero-order chi connectivity index (χ0) is 10.0. The molecule has 6 heteroatoms. The normalized spacial score (nSPS) is 9.85. The van der Waals surface area contributed by atoms with Crippen LogP contribution in [0.1, 0.15) is 0 Å². The first-order valence-electron chi connectivity index (χ1n) is 3.11. The van der Waals surface area contributed by atoms with Crippen molar-refractivity contribution < 1.29 is 13.2 Å². The fourth-order valence-electron chi connectivity index (χ4n) is 0.760. The molecule has 0 bridgehead atoms. The Kier molecular flexibility index (Phi) is 3.11. The first kappa shape index (κ1) is 10.3. The van der Waals surface area contributed by atoms with Crippen LogP contribution in [0.15, 0.2) is 12.1 Å². The van der Waals surface area contributed by atoms with Gasteiger partial charge in [0.05, 0.1) is 0 Å². The van der Waals surface area contributed by atoms with Crippen molar-refractivity contribution in [2.75, 3.05) is 5.32 Å². The number of hydrogen-bond acceptors (Lipinski definition) is 1. The molecule has 70 valence electrons.